The van der Waals surface area contributed by atoms with Crippen LogP contribution in [0, 0.1) is 0 Å². The number of benzene rings is 1. The van der Waals surface area contributed by atoms with Crippen LogP contribution in [0.1, 0.15) is 18.4 Å². The van der Waals surface area contributed by atoms with Crippen LogP contribution in [-0.4, -0.2) is 52.7 Å². The van der Waals surface area contributed by atoms with Crippen LogP contribution in [0.4, 0.5) is 0 Å². The minimum absolute atomic E-state index is 0.0795. The molecule has 0 fully saturated rings. The van der Waals surface area contributed by atoms with E-state index < -0.39 is 41.8 Å². The molecular formula is C17H24N4O5S. The van der Waals surface area contributed by atoms with Crippen LogP contribution < -0.4 is 22.1 Å². The van der Waals surface area contributed by atoms with Crippen molar-refractivity contribution in [2.24, 2.45) is 11.5 Å². The molecule has 1 rings (SSSR count). The third kappa shape index (κ3) is 8.09. The first kappa shape index (κ1) is 22.5. The number of thiol groups is 1. The predicted molar refractivity (Wildman–Crippen MR) is 102 cm³/mol. The Morgan fingerprint density at radius 1 is 1.04 bits per heavy atom. The van der Waals surface area contributed by atoms with E-state index in [1.807, 2.05) is 30.3 Å². The number of amides is 3. The Kier molecular flexibility index (Phi) is 9.31. The first-order valence-corrected chi connectivity index (χ1v) is 8.90. The lowest BCUT2D eigenvalue weighted by molar-refractivity contribution is -0.141. The molecule has 3 atom stereocenters. The SMILES string of the molecule is NC(=O)CC[C@H](NC(=O)[C@@H](N)Cc1ccccc1)C(=O)N[C@@H](CS)C(=O)O. The highest BCUT2D eigenvalue weighted by molar-refractivity contribution is 7.80. The fraction of sp³-hybridized carbons (Fsp3) is 0.412. The number of nitrogens with two attached hydrogens (primary N) is 2. The average Bonchev–Trinajstić information content (AvgIpc) is 2.62. The van der Waals surface area contributed by atoms with Crippen molar-refractivity contribution in [1.82, 2.24) is 10.6 Å². The summed E-state index contributed by atoms with van der Waals surface area (Å²) in [6, 6.07) is 5.79. The monoisotopic (exact) mass is 396 g/mol. The molecule has 0 aliphatic heterocycles. The largest absolute Gasteiger partial charge is 0.480 e. The molecule has 27 heavy (non-hydrogen) atoms. The van der Waals surface area contributed by atoms with Crippen LogP contribution >= 0.6 is 12.6 Å². The van der Waals surface area contributed by atoms with Crippen LogP contribution in [0.3, 0.4) is 0 Å². The van der Waals surface area contributed by atoms with Gasteiger partial charge in [0, 0.05) is 12.2 Å². The van der Waals surface area contributed by atoms with E-state index >= 15 is 0 Å². The zero-order valence-corrected chi connectivity index (χ0v) is 15.5. The van der Waals surface area contributed by atoms with Crippen molar-refractivity contribution in [3.63, 3.8) is 0 Å². The summed E-state index contributed by atoms with van der Waals surface area (Å²) >= 11 is 3.86. The quantitative estimate of drug-likeness (QED) is 0.257. The van der Waals surface area contributed by atoms with E-state index in [-0.39, 0.29) is 25.0 Å². The van der Waals surface area contributed by atoms with E-state index in [1.165, 1.54) is 0 Å². The summed E-state index contributed by atoms with van der Waals surface area (Å²) in [6.07, 6.45) is 0.0139. The van der Waals surface area contributed by atoms with Crippen LogP contribution in [0.15, 0.2) is 30.3 Å². The molecule has 148 valence electrons. The van der Waals surface area contributed by atoms with Gasteiger partial charge in [-0.05, 0) is 18.4 Å². The fourth-order valence-electron chi connectivity index (χ4n) is 2.25. The Balaban J connectivity index is 2.77. The van der Waals surface area contributed by atoms with E-state index in [9.17, 15) is 19.2 Å². The Morgan fingerprint density at radius 3 is 2.15 bits per heavy atom. The molecule has 0 saturated heterocycles. The summed E-state index contributed by atoms with van der Waals surface area (Å²) in [5.41, 5.74) is 11.8. The van der Waals surface area contributed by atoms with Crippen LogP contribution in [0.5, 0.6) is 0 Å². The number of carbonyl (C=O) groups is 4. The number of aliphatic carboxylic acids is 1. The molecule has 0 unspecified atom stereocenters. The Hall–Kier alpha value is -2.59. The molecule has 10 heteroatoms. The zero-order valence-electron chi connectivity index (χ0n) is 14.6. The molecule has 0 spiro atoms. The van der Waals surface area contributed by atoms with Gasteiger partial charge in [-0.15, -0.1) is 0 Å². The van der Waals surface area contributed by atoms with Gasteiger partial charge in [0.05, 0.1) is 6.04 Å². The maximum absolute atomic E-state index is 12.3. The predicted octanol–water partition coefficient (Wildman–Crippen LogP) is -1.19. The maximum atomic E-state index is 12.3. The Labute approximate surface area is 162 Å². The van der Waals surface area contributed by atoms with Gasteiger partial charge in [-0.25, -0.2) is 4.79 Å². The molecule has 1 aromatic rings. The second-order valence-electron chi connectivity index (χ2n) is 5.94. The van der Waals surface area contributed by atoms with E-state index in [0.29, 0.717) is 0 Å². The number of carboxylic acid groups (broad SMARTS) is 1. The first-order chi connectivity index (χ1) is 12.7. The number of hydrogen-bond acceptors (Lipinski definition) is 6. The molecule has 0 bridgehead atoms. The van der Waals surface area contributed by atoms with Crippen molar-refractivity contribution >= 4 is 36.3 Å². The molecule has 0 heterocycles. The fourth-order valence-corrected chi connectivity index (χ4v) is 2.50. The molecule has 9 nitrogen and oxygen atoms in total. The molecule has 0 radical (unpaired) electrons. The molecule has 0 saturated carbocycles. The van der Waals surface area contributed by atoms with Gasteiger partial charge in [0.15, 0.2) is 0 Å². The topological polar surface area (TPSA) is 165 Å². The second-order valence-corrected chi connectivity index (χ2v) is 6.31. The lowest BCUT2D eigenvalue weighted by Gasteiger charge is -2.22. The lowest BCUT2D eigenvalue weighted by atomic mass is 10.0. The minimum Gasteiger partial charge on any atom is -0.480 e. The summed E-state index contributed by atoms with van der Waals surface area (Å²) in [5, 5.41) is 13.7. The normalized spacial score (nSPS) is 13.9. The molecular weight excluding hydrogens is 372 g/mol. The number of hydrogen-bond donors (Lipinski definition) is 6. The molecule has 3 amide bonds. The molecule has 0 aromatic heterocycles. The van der Waals surface area contributed by atoms with Crippen molar-refractivity contribution < 1.29 is 24.3 Å². The molecule has 1 aromatic carbocycles. The standard InChI is InChI=1S/C17H24N4O5S/c18-11(8-10-4-2-1-3-5-10)15(23)20-12(6-7-14(19)22)16(24)21-13(9-27)17(25)26/h1-5,11-13,27H,6-9,18H2,(H2,19,22)(H,20,23)(H,21,24)(H,25,26)/t11-,12-,13-/m0/s1. The molecule has 0 aliphatic carbocycles. The van der Waals surface area contributed by atoms with Crippen molar-refractivity contribution in [3.8, 4) is 0 Å². The number of nitrogens with one attached hydrogen (secondary N) is 2. The highest BCUT2D eigenvalue weighted by Crippen LogP contribution is 2.04. The van der Waals surface area contributed by atoms with E-state index in [2.05, 4.69) is 23.3 Å². The van der Waals surface area contributed by atoms with E-state index in [1.54, 1.807) is 0 Å². The smallest absolute Gasteiger partial charge is 0.327 e. The minimum atomic E-state index is -1.26. The molecule has 0 aliphatic rings. The zero-order chi connectivity index (χ0) is 20.4. The van der Waals surface area contributed by atoms with Crippen molar-refractivity contribution in [2.75, 3.05) is 5.75 Å². The van der Waals surface area contributed by atoms with Crippen molar-refractivity contribution in [1.29, 1.82) is 0 Å². The van der Waals surface area contributed by atoms with Crippen molar-refractivity contribution in [3.05, 3.63) is 35.9 Å². The van der Waals surface area contributed by atoms with Crippen LogP contribution in [0.25, 0.3) is 0 Å². The summed E-state index contributed by atoms with van der Waals surface area (Å²) in [7, 11) is 0. The highest BCUT2D eigenvalue weighted by atomic mass is 32.1. The second kappa shape index (κ2) is 11.2. The number of rotatable bonds is 11. The van der Waals surface area contributed by atoms with Gasteiger partial charge < -0.3 is 27.2 Å². The third-order valence-electron chi connectivity index (χ3n) is 3.74. The average molecular weight is 396 g/mol. The van der Waals surface area contributed by atoms with Gasteiger partial charge in [-0.2, -0.15) is 12.6 Å². The van der Waals surface area contributed by atoms with Crippen LogP contribution in [0.2, 0.25) is 0 Å². The maximum Gasteiger partial charge on any atom is 0.327 e. The summed E-state index contributed by atoms with van der Waals surface area (Å²) < 4.78 is 0. The van der Waals surface area contributed by atoms with Gasteiger partial charge in [0.1, 0.15) is 12.1 Å². The summed E-state index contributed by atoms with van der Waals surface area (Å²) in [6.45, 7) is 0. The highest BCUT2D eigenvalue weighted by Gasteiger charge is 2.27. The van der Waals surface area contributed by atoms with Gasteiger partial charge >= 0.3 is 5.97 Å². The molecule has 7 N–H and O–H groups in total. The van der Waals surface area contributed by atoms with Crippen LogP contribution in [-0.2, 0) is 25.6 Å². The number of primary amides is 1. The Morgan fingerprint density at radius 2 is 1.63 bits per heavy atom. The van der Waals surface area contributed by atoms with Gasteiger partial charge in [0.25, 0.3) is 0 Å². The van der Waals surface area contributed by atoms with Gasteiger partial charge in [-0.3, -0.25) is 14.4 Å². The summed E-state index contributed by atoms with van der Waals surface area (Å²) in [4.78, 5) is 46.7. The summed E-state index contributed by atoms with van der Waals surface area (Å²) in [5.74, 6) is -3.40. The third-order valence-corrected chi connectivity index (χ3v) is 4.11. The lowest BCUT2D eigenvalue weighted by Crippen LogP contribution is -2.55. The number of carbonyl (C=O) groups excluding carboxylic acids is 3. The number of carboxylic acids is 1. The van der Waals surface area contributed by atoms with Gasteiger partial charge in [-0.1, -0.05) is 30.3 Å². The van der Waals surface area contributed by atoms with Crippen molar-refractivity contribution in [2.45, 2.75) is 37.4 Å². The Bertz CT molecular complexity index is 671. The van der Waals surface area contributed by atoms with Gasteiger partial charge in [0.2, 0.25) is 17.7 Å². The van der Waals surface area contributed by atoms with E-state index in [0.717, 1.165) is 5.56 Å². The van der Waals surface area contributed by atoms with E-state index in [4.69, 9.17) is 16.6 Å². The first-order valence-electron chi connectivity index (χ1n) is 8.26.